The molecule has 86 valence electrons. The minimum atomic E-state index is 0.768. The van der Waals surface area contributed by atoms with Crippen molar-refractivity contribution in [2.45, 2.75) is 63.0 Å². The fraction of sp³-hybridized carbons (Fsp3) is 1.00. The molecule has 4 aliphatic carbocycles. The minimum absolute atomic E-state index is 0.768. The first-order valence-electron chi connectivity index (χ1n) is 6.93. The van der Waals surface area contributed by atoms with Gasteiger partial charge in [0.25, 0.3) is 0 Å². The monoisotopic (exact) mass is 224 g/mol. The van der Waals surface area contributed by atoms with E-state index in [-0.39, 0.29) is 0 Å². The van der Waals surface area contributed by atoms with E-state index in [4.69, 9.17) is 0 Å². The largest absolute Gasteiger partial charge is 0.155 e. The van der Waals surface area contributed by atoms with E-state index in [2.05, 4.69) is 18.7 Å². The summed E-state index contributed by atoms with van der Waals surface area (Å²) in [5.74, 6) is 4.82. The van der Waals surface area contributed by atoms with Crippen molar-refractivity contribution in [1.29, 1.82) is 0 Å². The molecule has 0 heterocycles. The second-order valence-electron chi connectivity index (χ2n) is 6.30. The van der Waals surface area contributed by atoms with Gasteiger partial charge in [-0.25, -0.2) is 0 Å². The Balaban J connectivity index is 1.65. The molecule has 4 aliphatic rings. The van der Waals surface area contributed by atoms with E-state index < -0.39 is 0 Å². The van der Waals surface area contributed by atoms with Gasteiger partial charge in [0, 0.05) is 4.75 Å². The van der Waals surface area contributed by atoms with Crippen LogP contribution >= 0.6 is 11.8 Å². The quantitative estimate of drug-likeness (QED) is 0.634. The molecule has 0 unspecified atom stereocenters. The molecule has 15 heavy (non-hydrogen) atoms. The molecule has 1 heteroatoms. The molecule has 0 N–H and O–H groups in total. The van der Waals surface area contributed by atoms with Crippen molar-refractivity contribution < 1.29 is 0 Å². The van der Waals surface area contributed by atoms with Gasteiger partial charge < -0.3 is 0 Å². The SMILES string of the molecule is CCCCSC12CC3CC(CC(C3)C1)C2. The Bertz CT molecular complexity index is 198. The van der Waals surface area contributed by atoms with Gasteiger partial charge >= 0.3 is 0 Å². The van der Waals surface area contributed by atoms with Crippen LogP contribution in [-0.2, 0) is 0 Å². The third-order valence-electron chi connectivity index (χ3n) is 4.89. The average molecular weight is 224 g/mol. The van der Waals surface area contributed by atoms with E-state index in [1.807, 2.05) is 0 Å². The zero-order chi connectivity index (χ0) is 10.3. The molecular weight excluding hydrogens is 200 g/mol. The predicted molar refractivity (Wildman–Crippen MR) is 68.3 cm³/mol. The lowest BCUT2D eigenvalue weighted by Crippen LogP contribution is -2.48. The number of unbranched alkanes of at least 4 members (excludes halogenated alkanes) is 1. The van der Waals surface area contributed by atoms with Crippen LogP contribution in [0.1, 0.15) is 58.3 Å². The Morgan fingerprint density at radius 3 is 2.00 bits per heavy atom. The summed E-state index contributed by atoms with van der Waals surface area (Å²) in [5, 5.41) is 0. The number of rotatable bonds is 4. The molecule has 4 rings (SSSR count). The lowest BCUT2D eigenvalue weighted by molar-refractivity contribution is 0.0383. The fourth-order valence-corrected chi connectivity index (χ4v) is 6.57. The van der Waals surface area contributed by atoms with Crippen LogP contribution in [0.2, 0.25) is 0 Å². The number of hydrogen-bond donors (Lipinski definition) is 0. The van der Waals surface area contributed by atoms with Crippen LogP contribution in [0.4, 0.5) is 0 Å². The van der Waals surface area contributed by atoms with E-state index >= 15 is 0 Å². The van der Waals surface area contributed by atoms with E-state index in [0.29, 0.717) is 0 Å². The Morgan fingerprint density at radius 1 is 1.00 bits per heavy atom. The van der Waals surface area contributed by atoms with Crippen LogP contribution in [0.5, 0.6) is 0 Å². The molecule has 0 radical (unpaired) electrons. The lowest BCUT2D eigenvalue weighted by atomic mass is 9.56. The van der Waals surface area contributed by atoms with Crippen molar-refractivity contribution in [1.82, 2.24) is 0 Å². The average Bonchev–Trinajstić information content (AvgIpc) is 2.15. The molecule has 4 saturated carbocycles. The normalized spacial score (nSPS) is 47.4. The molecule has 0 aromatic heterocycles. The summed E-state index contributed by atoms with van der Waals surface area (Å²) >= 11 is 2.36. The van der Waals surface area contributed by atoms with Gasteiger partial charge in [-0.3, -0.25) is 0 Å². The van der Waals surface area contributed by atoms with Gasteiger partial charge in [-0.2, -0.15) is 11.8 Å². The molecule has 0 aromatic carbocycles. The predicted octanol–water partition coefficient (Wildman–Crippen LogP) is 4.49. The zero-order valence-corrected chi connectivity index (χ0v) is 10.8. The van der Waals surface area contributed by atoms with Crippen LogP contribution < -0.4 is 0 Å². The zero-order valence-electron chi connectivity index (χ0n) is 10.0. The molecule has 0 atom stereocenters. The fourth-order valence-electron chi connectivity index (χ4n) is 4.64. The van der Waals surface area contributed by atoms with Crippen molar-refractivity contribution in [3.05, 3.63) is 0 Å². The summed E-state index contributed by atoms with van der Waals surface area (Å²) in [7, 11) is 0. The highest BCUT2D eigenvalue weighted by Crippen LogP contribution is 2.60. The molecule has 4 bridgehead atoms. The third kappa shape index (κ3) is 1.97. The summed E-state index contributed by atoms with van der Waals surface area (Å²) in [5.41, 5.74) is 0. The number of thioether (sulfide) groups is 1. The van der Waals surface area contributed by atoms with Crippen molar-refractivity contribution in [3.63, 3.8) is 0 Å². The second kappa shape index (κ2) is 3.98. The maximum absolute atomic E-state index is 2.36. The Labute approximate surface area is 98.6 Å². The summed E-state index contributed by atoms with van der Waals surface area (Å²) < 4.78 is 0.768. The maximum Gasteiger partial charge on any atom is 0.0168 e. The standard InChI is InChI=1S/C14H24S/c1-2-3-4-15-14-8-11-5-12(9-14)7-13(6-11)10-14/h11-13H,2-10H2,1H3. The highest BCUT2D eigenvalue weighted by molar-refractivity contribution is 8.00. The molecule has 0 aliphatic heterocycles. The van der Waals surface area contributed by atoms with E-state index in [9.17, 15) is 0 Å². The molecule has 0 spiro atoms. The van der Waals surface area contributed by atoms with Crippen LogP contribution in [0.3, 0.4) is 0 Å². The summed E-state index contributed by atoms with van der Waals surface area (Å²) in [6, 6.07) is 0. The Morgan fingerprint density at radius 2 is 1.53 bits per heavy atom. The molecule has 0 saturated heterocycles. The Kier molecular flexibility index (Phi) is 2.79. The van der Waals surface area contributed by atoms with Gasteiger partial charge in [0.15, 0.2) is 0 Å². The summed E-state index contributed by atoms with van der Waals surface area (Å²) in [4.78, 5) is 0. The van der Waals surface area contributed by atoms with E-state index in [1.165, 1.54) is 18.6 Å². The van der Waals surface area contributed by atoms with Crippen molar-refractivity contribution in [3.8, 4) is 0 Å². The van der Waals surface area contributed by atoms with Gasteiger partial charge in [0.2, 0.25) is 0 Å². The smallest absolute Gasteiger partial charge is 0.0168 e. The second-order valence-corrected chi connectivity index (χ2v) is 7.87. The van der Waals surface area contributed by atoms with Crippen molar-refractivity contribution in [2.24, 2.45) is 17.8 Å². The third-order valence-corrected chi connectivity index (χ3v) is 6.49. The Hall–Kier alpha value is 0.350. The van der Waals surface area contributed by atoms with Gasteiger partial charge in [-0.05, 0) is 68.5 Å². The first-order valence-corrected chi connectivity index (χ1v) is 7.92. The molecule has 0 nitrogen and oxygen atoms in total. The highest BCUT2D eigenvalue weighted by Gasteiger charge is 2.50. The molecule has 4 fully saturated rings. The molecule has 0 aromatic rings. The topological polar surface area (TPSA) is 0 Å². The van der Waals surface area contributed by atoms with Crippen molar-refractivity contribution in [2.75, 3.05) is 5.75 Å². The van der Waals surface area contributed by atoms with Crippen LogP contribution in [0, 0.1) is 17.8 Å². The lowest BCUT2D eigenvalue weighted by Gasteiger charge is -2.56. The maximum atomic E-state index is 2.36. The van der Waals surface area contributed by atoms with Crippen molar-refractivity contribution >= 4 is 11.8 Å². The summed E-state index contributed by atoms with van der Waals surface area (Å²) in [6.45, 7) is 2.32. The van der Waals surface area contributed by atoms with Gasteiger partial charge in [-0.1, -0.05) is 13.3 Å². The van der Waals surface area contributed by atoms with Crippen LogP contribution in [-0.4, -0.2) is 10.5 Å². The van der Waals surface area contributed by atoms with Crippen LogP contribution in [0.25, 0.3) is 0 Å². The van der Waals surface area contributed by atoms with Gasteiger partial charge in [0.05, 0.1) is 0 Å². The van der Waals surface area contributed by atoms with Crippen LogP contribution in [0.15, 0.2) is 0 Å². The first-order chi connectivity index (χ1) is 7.30. The van der Waals surface area contributed by atoms with Gasteiger partial charge in [-0.15, -0.1) is 0 Å². The number of hydrogen-bond acceptors (Lipinski definition) is 1. The highest BCUT2D eigenvalue weighted by atomic mass is 32.2. The van der Waals surface area contributed by atoms with E-state index in [0.717, 1.165) is 22.5 Å². The van der Waals surface area contributed by atoms with E-state index in [1.54, 1.807) is 38.5 Å². The summed E-state index contributed by atoms with van der Waals surface area (Å²) in [6.07, 6.45) is 12.3. The van der Waals surface area contributed by atoms with Gasteiger partial charge in [0.1, 0.15) is 0 Å². The molecule has 0 amide bonds. The first kappa shape index (κ1) is 10.5. The minimum Gasteiger partial charge on any atom is -0.155 e. The molecular formula is C14H24S.